The molecule has 1 atom stereocenters. The van der Waals surface area contributed by atoms with E-state index in [0.717, 1.165) is 6.54 Å². The second kappa shape index (κ2) is 6.09. The average Bonchev–Trinajstić information content (AvgIpc) is 2.40. The van der Waals surface area contributed by atoms with Crippen molar-refractivity contribution in [1.82, 2.24) is 5.32 Å². The molecule has 1 nitrogen and oxygen atoms in total. The van der Waals surface area contributed by atoms with E-state index in [1.807, 2.05) is 0 Å². The molecule has 1 aliphatic rings. The van der Waals surface area contributed by atoms with Crippen LogP contribution in [0.2, 0.25) is 0 Å². The van der Waals surface area contributed by atoms with Crippen molar-refractivity contribution >= 4 is 0 Å². The van der Waals surface area contributed by atoms with Crippen molar-refractivity contribution in [3.05, 3.63) is 34.9 Å². The van der Waals surface area contributed by atoms with Gasteiger partial charge in [-0.2, -0.15) is 0 Å². The third-order valence-corrected chi connectivity index (χ3v) is 4.85. The Morgan fingerprint density at radius 1 is 1.16 bits per heavy atom. The third-order valence-electron chi connectivity index (χ3n) is 4.85. The van der Waals surface area contributed by atoms with E-state index in [1.54, 1.807) is 0 Å². The molecule has 0 heterocycles. The third kappa shape index (κ3) is 3.20. The predicted octanol–water partition coefficient (Wildman–Crippen LogP) is 4.92. The van der Waals surface area contributed by atoms with Gasteiger partial charge in [-0.3, -0.25) is 0 Å². The number of aryl methyl sites for hydroxylation is 2. The van der Waals surface area contributed by atoms with Crippen molar-refractivity contribution in [1.29, 1.82) is 0 Å². The molecule has 0 aliphatic heterocycles. The summed E-state index contributed by atoms with van der Waals surface area (Å²) in [4.78, 5) is 0. The number of hydrogen-bond acceptors (Lipinski definition) is 1. The van der Waals surface area contributed by atoms with Crippen molar-refractivity contribution < 1.29 is 0 Å². The molecule has 1 aromatic carbocycles. The standard InChI is InChI=1S/C18H29N/c1-5-19-17(18(4)11-7-6-8-12-18)16-13-14(2)9-10-15(16)3/h9-10,13,17,19H,5-8,11-12H2,1-4H3. The van der Waals surface area contributed by atoms with Crippen LogP contribution >= 0.6 is 0 Å². The maximum absolute atomic E-state index is 3.78. The maximum atomic E-state index is 3.78. The van der Waals surface area contributed by atoms with Crippen molar-refractivity contribution in [3.8, 4) is 0 Å². The van der Waals surface area contributed by atoms with Crippen LogP contribution in [0.4, 0.5) is 0 Å². The highest BCUT2D eigenvalue weighted by molar-refractivity contribution is 5.34. The van der Waals surface area contributed by atoms with E-state index >= 15 is 0 Å². The molecular weight excluding hydrogens is 230 g/mol. The van der Waals surface area contributed by atoms with Gasteiger partial charge in [0.05, 0.1) is 0 Å². The predicted molar refractivity (Wildman–Crippen MR) is 83.5 cm³/mol. The highest BCUT2D eigenvalue weighted by atomic mass is 14.9. The van der Waals surface area contributed by atoms with Crippen LogP contribution in [0.1, 0.15) is 68.7 Å². The first-order valence-electron chi connectivity index (χ1n) is 7.87. The van der Waals surface area contributed by atoms with E-state index in [-0.39, 0.29) is 0 Å². The summed E-state index contributed by atoms with van der Waals surface area (Å²) in [6, 6.07) is 7.41. The van der Waals surface area contributed by atoms with E-state index in [2.05, 4.69) is 51.2 Å². The van der Waals surface area contributed by atoms with Crippen LogP contribution in [0.15, 0.2) is 18.2 Å². The van der Waals surface area contributed by atoms with Crippen molar-refractivity contribution in [3.63, 3.8) is 0 Å². The number of hydrogen-bond donors (Lipinski definition) is 1. The molecule has 1 N–H and O–H groups in total. The Kier molecular flexibility index (Phi) is 4.67. The molecule has 0 radical (unpaired) electrons. The number of nitrogens with one attached hydrogen (secondary N) is 1. The zero-order chi connectivity index (χ0) is 13.9. The molecule has 106 valence electrons. The topological polar surface area (TPSA) is 12.0 Å². The van der Waals surface area contributed by atoms with E-state index in [1.165, 1.54) is 48.8 Å². The first-order valence-corrected chi connectivity index (χ1v) is 7.87. The smallest absolute Gasteiger partial charge is 0.0377 e. The van der Waals surface area contributed by atoms with Gasteiger partial charge in [0.15, 0.2) is 0 Å². The molecule has 1 aromatic rings. The van der Waals surface area contributed by atoms with Gasteiger partial charge in [0.25, 0.3) is 0 Å². The fraction of sp³-hybridized carbons (Fsp3) is 0.667. The van der Waals surface area contributed by atoms with Crippen LogP contribution in [-0.4, -0.2) is 6.54 Å². The van der Waals surface area contributed by atoms with Gasteiger partial charge in [-0.05, 0) is 49.8 Å². The Balaban J connectivity index is 2.35. The van der Waals surface area contributed by atoms with Crippen LogP contribution in [0.3, 0.4) is 0 Å². The molecule has 1 heteroatoms. The summed E-state index contributed by atoms with van der Waals surface area (Å²) in [5.74, 6) is 0. The second-order valence-electron chi connectivity index (χ2n) is 6.57. The molecule has 0 saturated heterocycles. The van der Waals surface area contributed by atoms with Gasteiger partial charge in [-0.1, -0.05) is 56.9 Å². The lowest BCUT2D eigenvalue weighted by Crippen LogP contribution is -2.38. The van der Waals surface area contributed by atoms with Crippen molar-refractivity contribution in [2.75, 3.05) is 6.54 Å². The lowest BCUT2D eigenvalue weighted by atomic mass is 9.68. The van der Waals surface area contributed by atoms with Gasteiger partial charge in [0.2, 0.25) is 0 Å². The van der Waals surface area contributed by atoms with E-state index < -0.39 is 0 Å². The highest BCUT2D eigenvalue weighted by Gasteiger charge is 2.36. The van der Waals surface area contributed by atoms with Crippen LogP contribution < -0.4 is 5.32 Å². The first kappa shape index (κ1) is 14.6. The lowest BCUT2D eigenvalue weighted by Gasteiger charge is -2.42. The summed E-state index contributed by atoms with van der Waals surface area (Å²) in [6.45, 7) is 10.2. The Hall–Kier alpha value is -0.820. The van der Waals surface area contributed by atoms with Crippen LogP contribution in [0.5, 0.6) is 0 Å². The molecule has 1 unspecified atom stereocenters. The van der Waals surface area contributed by atoms with Gasteiger partial charge >= 0.3 is 0 Å². The number of rotatable bonds is 4. The fourth-order valence-electron chi connectivity index (χ4n) is 3.65. The van der Waals surface area contributed by atoms with Gasteiger partial charge in [0.1, 0.15) is 0 Å². The Morgan fingerprint density at radius 2 is 1.84 bits per heavy atom. The largest absolute Gasteiger partial charge is 0.310 e. The van der Waals surface area contributed by atoms with E-state index in [4.69, 9.17) is 0 Å². The van der Waals surface area contributed by atoms with Gasteiger partial charge in [0, 0.05) is 6.04 Å². The summed E-state index contributed by atoms with van der Waals surface area (Å²) in [7, 11) is 0. The summed E-state index contributed by atoms with van der Waals surface area (Å²) in [5.41, 5.74) is 4.75. The quantitative estimate of drug-likeness (QED) is 0.809. The summed E-state index contributed by atoms with van der Waals surface area (Å²) < 4.78 is 0. The van der Waals surface area contributed by atoms with Crippen LogP contribution in [0.25, 0.3) is 0 Å². The van der Waals surface area contributed by atoms with E-state index in [0.29, 0.717) is 11.5 Å². The second-order valence-corrected chi connectivity index (χ2v) is 6.57. The normalized spacial score (nSPS) is 20.2. The molecule has 2 rings (SSSR count). The van der Waals surface area contributed by atoms with Gasteiger partial charge < -0.3 is 5.32 Å². The average molecular weight is 259 g/mol. The molecule has 1 aliphatic carbocycles. The summed E-state index contributed by atoms with van der Waals surface area (Å²) in [5, 5.41) is 3.78. The Morgan fingerprint density at radius 3 is 2.47 bits per heavy atom. The fourth-order valence-corrected chi connectivity index (χ4v) is 3.65. The highest BCUT2D eigenvalue weighted by Crippen LogP contribution is 2.46. The molecule has 1 fully saturated rings. The Labute approximate surface area is 118 Å². The minimum Gasteiger partial charge on any atom is -0.310 e. The molecule has 0 spiro atoms. The summed E-state index contributed by atoms with van der Waals surface area (Å²) in [6.07, 6.45) is 6.92. The Bertz CT molecular complexity index is 416. The van der Waals surface area contributed by atoms with E-state index in [9.17, 15) is 0 Å². The van der Waals surface area contributed by atoms with Crippen molar-refractivity contribution in [2.24, 2.45) is 5.41 Å². The SMILES string of the molecule is CCNC(c1cc(C)ccc1C)C1(C)CCCCC1. The van der Waals surface area contributed by atoms with Crippen molar-refractivity contribution in [2.45, 2.75) is 65.8 Å². The number of benzene rings is 1. The van der Waals surface area contributed by atoms with Gasteiger partial charge in [-0.25, -0.2) is 0 Å². The zero-order valence-corrected chi connectivity index (χ0v) is 13.1. The molecule has 1 saturated carbocycles. The molecule has 19 heavy (non-hydrogen) atoms. The zero-order valence-electron chi connectivity index (χ0n) is 13.1. The molecule has 0 aromatic heterocycles. The van der Waals surface area contributed by atoms with Crippen LogP contribution in [-0.2, 0) is 0 Å². The molecule has 0 bridgehead atoms. The van der Waals surface area contributed by atoms with Crippen LogP contribution in [0, 0.1) is 19.3 Å². The monoisotopic (exact) mass is 259 g/mol. The van der Waals surface area contributed by atoms with Gasteiger partial charge in [-0.15, -0.1) is 0 Å². The minimum atomic E-state index is 0.423. The molecular formula is C18H29N. The lowest BCUT2D eigenvalue weighted by molar-refractivity contribution is 0.145. The minimum absolute atomic E-state index is 0.423. The molecule has 0 amide bonds. The first-order chi connectivity index (χ1) is 9.07. The maximum Gasteiger partial charge on any atom is 0.0377 e. The summed E-state index contributed by atoms with van der Waals surface area (Å²) >= 11 is 0.